The predicted molar refractivity (Wildman–Crippen MR) is 100.0 cm³/mol. The van der Waals surface area contributed by atoms with Crippen molar-refractivity contribution < 1.29 is 9.59 Å². The first-order valence-electron chi connectivity index (χ1n) is 8.92. The van der Waals surface area contributed by atoms with Gasteiger partial charge < -0.3 is 10.2 Å². The number of anilines is 1. The molecule has 2 aromatic rings. The highest BCUT2D eigenvalue weighted by Gasteiger charge is 2.17. The van der Waals surface area contributed by atoms with Crippen LogP contribution in [-0.2, 0) is 11.2 Å². The number of amides is 1. The van der Waals surface area contributed by atoms with E-state index in [1.807, 2.05) is 30.3 Å². The molecule has 0 bridgehead atoms. The number of fused-ring (bicyclic) bond motifs is 1. The van der Waals surface area contributed by atoms with Gasteiger partial charge in [-0.05, 0) is 24.5 Å². The molecule has 0 spiro atoms. The number of benzene rings is 2. The SMILES string of the molecule is O=C(CCCC(=O)c1ccccc1)NCCN1CCc2ccccc21. The summed E-state index contributed by atoms with van der Waals surface area (Å²) >= 11 is 0. The molecule has 2 aromatic carbocycles. The summed E-state index contributed by atoms with van der Waals surface area (Å²) in [6.07, 6.45) is 2.48. The Hall–Kier alpha value is -2.62. The predicted octanol–water partition coefficient (Wildman–Crippen LogP) is 3.22. The topological polar surface area (TPSA) is 49.4 Å². The zero-order chi connectivity index (χ0) is 17.5. The Morgan fingerprint density at radius 2 is 1.72 bits per heavy atom. The minimum absolute atomic E-state index is 0.0216. The number of ketones is 1. The van der Waals surface area contributed by atoms with E-state index in [4.69, 9.17) is 0 Å². The molecule has 0 aliphatic carbocycles. The Morgan fingerprint density at radius 3 is 2.56 bits per heavy atom. The molecule has 1 aliphatic heterocycles. The second kappa shape index (κ2) is 8.47. The first-order valence-corrected chi connectivity index (χ1v) is 8.92. The zero-order valence-corrected chi connectivity index (χ0v) is 14.4. The van der Waals surface area contributed by atoms with E-state index < -0.39 is 0 Å². The largest absolute Gasteiger partial charge is 0.369 e. The Balaban J connectivity index is 1.33. The molecule has 3 rings (SSSR count). The smallest absolute Gasteiger partial charge is 0.220 e. The number of nitrogens with one attached hydrogen (secondary N) is 1. The van der Waals surface area contributed by atoms with E-state index in [9.17, 15) is 9.59 Å². The molecule has 1 heterocycles. The number of hydrogen-bond acceptors (Lipinski definition) is 3. The van der Waals surface area contributed by atoms with Crippen LogP contribution in [0.25, 0.3) is 0 Å². The van der Waals surface area contributed by atoms with Crippen LogP contribution in [0.15, 0.2) is 54.6 Å². The van der Waals surface area contributed by atoms with Crippen LogP contribution in [0, 0.1) is 0 Å². The molecule has 4 nitrogen and oxygen atoms in total. The lowest BCUT2D eigenvalue weighted by molar-refractivity contribution is -0.121. The molecule has 130 valence electrons. The maximum atomic E-state index is 12.0. The Bertz CT molecular complexity index is 728. The highest BCUT2D eigenvalue weighted by molar-refractivity contribution is 5.96. The molecule has 1 amide bonds. The summed E-state index contributed by atoms with van der Waals surface area (Å²) in [7, 11) is 0. The standard InChI is InChI=1S/C21H24N2O2/c24-20(18-8-2-1-3-9-18)11-6-12-21(25)22-14-16-23-15-13-17-7-4-5-10-19(17)23/h1-5,7-10H,6,11-16H2,(H,22,25). The maximum absolute atomic E-state index is 12.0. The molecule has 0 radical (unpaired) electrons. The first kappa shape index (κ1) is 17.2. The van der Waals surface area contributed by atoms with Gasteiger partial charge in [0.2, 0.25) is 5.91 Å². The number of carbonyl (C=O) groups is 2. The lowest BCUT2D eigenvalue weighted by Gasteiger charge is -2.19. The van der Waals surface area contributed by atoms with Gasteiger partial charge in [0, 0.05) is 43.7 Å². The zero-order valence-electron chi connectivity index (χ0n) is 14.4. The van der Waals surface area contributed by atoms with Gasteiger partial charge in [0.1, 0.15) is 0 Å². The number of carbonyl (C=O) groups excluding carboxylic acids is 2. The minimum atomic E-state index is 0.0216. The summed E-state index contributed by atoms with van der Waals surface area (Å²) in [5.74, 6) is 0.121. The van der Waals surface area contributed by atoms with Crippen molar-refractivity contribution in [3.05, 3.63) is 65.7 Å². The van der Waals surface area contributed by atoms with Gasteiger partial charge in [-0.15, -0.1) is 0 Å². The normalized spacial score (nSPS) is 12.7. The molecule has 1 aliphatic rings. The molecule has 0 unspecified atom stereocenters. The Morgan fingerprint density at radius 1 is 0.960 bits per heavy atom. The van der Waals surface area contributed by atoms with Crippen molar-refractivity contribution in [2.24, 2.45) is 0 Å². The molecule has 4 heteroatoms. The Labute approximate surface area is 148 Å². The monoisotopic (exact) mass is 336 g/mol. The van der Waals surface area contributed by atoms with Crippen LogP contribution in [0.3, 0.4) is 0 Å². The maximum Gasteiger partial charge on any atom is 0.220 e. The van der Waals surface area contributed by atoms with Crippen LogP contribution in [-0.4, -0.2) is 31.3 Å². The van der Waals surface area contributed by atoms with E-state index >= 15 is 0 Å². The highest BCUT2D eigenvalue weighted by Crippen LogP contribution is 2.26. The van der Waals surface area contributed by atoms with Crippen LogP contribution in [0.4, 0.5) is 5.69 Å². The molecule has 0 aromatic heterocycles. The average Bonchev–Trinajstić information content (AvgIpc) is 3.06. The van der Waals surface area contributed by atoms with Crippen molar-refractivity contribution >= 4 is 17.4 Å². The van der Waals surface area contributed by atoms with E-state index in [-0.39, 0.29) is 11.7 Å². The number of para-hydroxylation sites is 1. The molecule has 25 heavy (non-hydrogen) atoms. The second-order valence-electron chi connectivity index (χ2n) is 6.36. The van der Waals surface area contributed by atoms with Gasteiger partial charge in [0.05, 0.1) is 0 Å². The summed E-state index contributed by atoms with van der Waals surface area (Å²) in [5, 5.41) is 2.96. The van der Waals surface area contributed by atoms with Gasteiger partial charge in [-0.25, -0.2) is 0 Å². The van der Waals surface area contributed by atoms with Crippen molar-refractivity contribution in [3.63, 3.8) is 0 Å². The molecular weight excluding hydrogens is 312 g/mol. The average molecular weight is 336 g/mol. The third-order valence-electron chi connectivity index (χ3n) is 4.59. The fourth-order valence-electron chi connectivity index (χ4n) is 3.24. The quantitative estimate of drug-likeness (QED) is 0.753. The van der Waals surface area contributed by atoms with Gasteiger partial charge in [-0.2, -0.15) is 0 Å². The highest BCUT2D eigenvalue weighted by atomic mass is 16.1. The lowest BCUT2D eigenvalue weighted by Crippen LogP contribution is -2.34. The number of nitrogens with zero attached hydrogens (tertiary/aromatic N) is 1. The van der Waals surface area contributed by atoms with E-state index in [2.05, 4.69) is 34.5 Å². The van der Waals surface area contributed by atoms with Crippen LogP contribution in [0.2, 0.25) is 0 Å². The van der Waals surface area contributed by atoms with Gasteiger partial charge in [0.15, 0.2) is 5.78 Å². The van der Waals surface area contributed by atoms with E-state index in [0.29, 0.717) is 25.8 Å². The minimum Gasteiger partial charge on any atom is -0.369 e. The van der Waals surface area contributed by atoms with E-state index in [1.165, 1.54) is 11.3 Å². The van der Waals surface area contributed by atoms with Crippen LogP contribution < -0.4 is 10.2 Å². The van der Waals surface area contributed by atoms with Crippen molar-refractivity contribution in [1.82, 2.24) is 5.32 Å². The van der Waals surface area contributed by atoms with Crippen molar-refractivity contribution in [3.8, 4) is 0 Å². The summed E-state index contributed by atoms with van der Waals surface area (Å²) in [6.45, 7) is 2.48. The second-order valence-corrected chi connectivity index (χ2v) is 6.36. The van der Waals surface area contributed by atoms with Crippen molar-refractivity contribution in [2.45, 2.75) is 25.7 Å². The summed E-state index contributed by atoms with van der Waals surface area (Å²) in [5.41, 5.74) is 3.38. The molecule has 0 atom stereocenters. The summed E-state index contributed by atoms with van der Waals surface area (Å²) in [4.78, 5) is 26.2. The summed E-state index contributed by atoms with van der Waals surface area (Å²) < 4.78 is 0. The fraction of sp³-hybridized carbons (Fsp3) is 0.333. The molecule has 0 fully saturated rings. The molecule has 0 saturated heterocycles. The Kier molecular flexibility index (Phi) is 5.83. The van der Waals surface area contributed by atoms with E-state index in [0.717, 1.165) is 25.1 Å². The molecule has 1 N–H and O–H groups in total. The van der Waals surface area contributed by atoms with E-state index in [1.54, 1.807) is 0 Å². The van der Waals surface area contributed by atoms with Gasteiger partial charge in [-0.1, -0.05) is 48.5 Å². The first-order chi connectivity index (χ1) is 12.2. The molecular formula is C21H24N2O2. The molecule has 0 saturated carbocycles. The number of rotatable bonds is 8. The number of hydrogen-bond donors (Lipinski definition) is 1. The third kappa shape index (κ3) is 4.69. The van der Waals surface area contributed by atoms with Crippen molar-refractivity contribution in [2.75, 3.05) is 24.5 Å². The number of Topliss-reactive ketones (excluding diaryl/α,β-unsaturated/α-hetero) is 1. The lowest BCUT2D eigenvalue weighted by atomic mass is 10.1. The fourth-order valence-corrected chi connectivity index (χ4v) is 3.24. The van der Waals surface area contributed by atoms with Gasteiger partial charge in [-0.3, -0.25) is 9.59 Å². The van der Waals surface area contributed by atoms with Gasteiger partial charge in [0.25, 0.3) is 0 Å². The summed E-state index contributed by atoms with van der Waals surface area (Å²) in [6, 6.07) is 17.7. The third-order valence-corrected chi connectivity index (χ3v) is 4.59. The van der Waals surface area contributed by atoms with Crippen LogP contribution in [0.1, 0.15) is 35.2 Å². The van der Waals surface area contributed by atoms with Crippen LogP contribution in [0.5, 0.6) is 0 Å². The van der Waals surface area contributed by atoms with Crippen molar-refractivity contribution in [1.29, 1.82) is 0 Å². The van der Waals surface area contributed by atoms with Gasteiger partial charge >= 0.3 is 0 Å². The van der Waals surface area contributed by atoms with Crippen LogP contribution >= 0.6 is 0 Å².